The molecule has 40 nitrogen and oxygen atoms in total. The van der Waals surface area contributed by atoms with E-state index in [4.69, 9.17) is 0 Å². The second-order valence-electron chi connectivity index (χ2n) is 25.2. The van der Waals surface area contributed by atoms with E-state index in [0.717, 1.165) is 45.6 Å². The van der Waals surface area contributed by atoms with Crippen molar-refractivity contribution >= 4 is 72.1 Å². The van der Waals surface area contributed by atoms with Crippen LogP contribution in [-0.2, 0) is 152 Å². The van der Waals surface area contributed by atoms with Crippen molar-refractivity contribution in [3.63, 3.8) is 0 Å². The summed E-state index contributed by atoms with van der Waals surface area (Å²) in [5.74, 6) is -11.4. The van der Waals surface area contributed by atoms with Crippen molar-refractivity contribution in [2.45, 2.75) is 178 Å². The number of hydroxylamine groups is 2. The van der Waals surface area contributed by atoms with Gasteiger partial charge < -0.3 is 67.7 Å². The highest BCUT2D eigenvalue weighted by molar-refractivity contribution is 5.88. The summed E-state index contributed by atoms with van der Waals surface area (Å²) in [6.07, 6.45) is -130. The molecule has 0 unspecified atom stereocenters. The number of halogens is 40. The van der Waals surface area contributed by atoms with Crippen LogP contribution in [0.15, 0.2) is 100 Å². The van der Waals surface area contributed by atoms with E-state index in [1.807, 2.05) is 0 Å². The molecule has 0 aromatic carbocycles. The van der Waals surface area contributed by atoms with Crippen LogP contribution in [0.1, 0.15) is 54.9 Å². The first kappa shape index (κ1) is 147. The van der Waals surface area contributed by atoms with Gasteiger partial charge in [-0.25, -0.2) is 105 Å². The minimum atomic E-state index is -6.84. The standard InChI is InChI=1S/C19H20F10N2O11.C18H18F10N2O11.C15H16F10O7.C13H12F10O7.2C2H4/c1-9(2)11(32)36-6-5-30-13(34)37-8-16(22,23)41-19(28,29)42-18(26,27)17(24,25)40-15(20,21)7-38-14(35)31-39-12(33)10(3)4;1-4-10(31)38-30-13(34)37-7-14(19,20)39-16(23,24)17(25,26)41-18(27,28)40-15(21,22)8-36-12(33)29-5-6-35-11(32)9(2)3;1-7(2)9(26)28-5-11(16,17)30-13(20,21)14(22,23)32-15(24,25)31-12(18,19)6-29-10(27)8(3)4;1-3-7(24)26-5-9(14,15)28-11(18,19)12(20,21)30-13(22,23)29-10(16,17)6-27-8(25)4-2;2*1-2/h1,3,5-8H2,2,4H3,(H,30,34)(H,31,35);4H,1-2,5-8H2,3H3,(H,29,33)(H,30,34);8H,1,5-6H2,2-4H3;3H,1,4-6H2,2H3;2*1-2H2. The minimum absolute atomic E-state index is 0.0417. The van der Waals surface area contributed by atoms with E-state index < -0.39 is 292 Å². The number of rotatable bonds is 58. The first-order valence-electron chi connectivity index (χ1n) is 36.5. The molecule has 0 aliphatic rings. The third-order valence-electron chi connectivity index (χ3n) is 11.7. The highest BCUT2D eigenvalue weighted by Gasteiger charge is 2.74. The molecular formula is C69H74F40N4O36. The van der Waals surface area contributed by atoms with Crippen molar-refractivity contribution in [2.24, 2.45) is 5.92 Å². The summed E-state index contributed by atoms with van der Waals surface area (Å²) in [6, 6.07) is 0. The van der Waals surface area contributed by atoms with Gasteiger partial charge in [0, 0.05) is 40.9 Å². The predicted octanol–water partition coefficient (Wildman–Crippen LogP) is 16.3. The van der Waals surface area contributed by atoms with E-state index in [9.17, 15) is 233 Å². The van der Waals surface area contributed by atoms with Crippen LogP contribution in [0.2, 0.25) is 0 Å². The van der Waals surface area contributed by atoms with E-state index >= 15 is 0 Å². The van der Waals surface area contributed by atoms with Gasteiger partial charge in [-0.1, -0.05) is 60.2 Å². The Bertz CT molecular complexity index is 4420. The summed E-state index contributed by atoms with van der Waals surface area (Å²) in [7, 11) is 0. The Kier molecular flexibility index (Phi) is 59.6. The van der Waals surface area contributed by atoms with Gasteiger partial charge >= 0.3 is 195 Å². The SMILES string of the molecule is C=C.C=C.C=C(C)C(=O)OCC(F)(F)OC(F)(F)C(F)(F)OC(F)(F)OC(F)(F)COC(=O)C(C)C.C=C(C)C(=O)OCCNC(=O)OCC(F)(F)OC(F)(F)OC(F)(F)C(F)(F)OC(F)(F)COC(=O)NOC(=O)C(=C)C.C=CC(=O)OCC(F)(F)OC(F)(F)C(F)(F)OC(F)(F)OC(F)(F)COC(=O)CC.C=CC(=O)ONC(=O)OCC(F)(F)OC(F)(F)C(F)(F)OC(F)(F)OC(F)(F)COC(=O)NCCOC(=O)C(=C)C. The fraction of sp³-hybridized carbons (Fsp3) is 0.594. The molecule has 149 heavy (non-hydrogen) atoms. The number of hydrogen-bond acceptors (Lipinski definition) is 36. The zero-order chi connectivity index (χ0) is 119. The highest BCUT2D eigenvalue weighted by Crippen LogP contribution is 2.50. The van der Waals surface area contributed by atoms with Crippen LogP contribution in [-0.4, -0.2) is 274 Å². The number of ether oxygens (including phenoxy) is 22. The summed E-state index contributed by atoms with van der Waals surface area (Å²) < 4.78 is 600. The maximum absolute atomic E-state index is 13.5. The second-order valence-corrected chi connectivity index (χ2v) is 25.2. The topological polar surface area (TPSA) is 474 Å². The lowest BCUT2D eigenvalue weighted by Crippen LogP contribution is -2.54. The first-order valence-corrected chi connectivity index (χ1v) is 36.5. The lowest BCUT2D eigenvalue weighted by atomic mass is 10.2. The number of amides is 4. The van der Waals surface area contributed by atoms with E-state index in [1.54, 1.807) is 10.6 Å². The lowest BCUT2D eigenvalue weighted by molar-refractivity contribution is -0.566. The average Bonchev–Trinajstić information content (AvgIpc) is 0.794. The highest BCUT2D eigenvalue weighted by atomic mass is 19.4. The van der Waals surface area contributed by atoms with Crippen LogP contribution in [0.3, 0.4) is 0 Å². The fourth-order valence-corrected chi connectivity index (χ4v) is 5.82. The van der Waals surface area contributed by atoms with Gasteiger partial charge in [-0.3, -0.25) is 9.59 Å². The van der Waals surface area contributed by atoms with Crippen LogP contribution in [0.5, 0.6) is 0 Å². The van der Waals surface area contributed by atoms with Crippen LogP contribution in [0.25, 0.3) is 0 Å². The third-order valence-corrected chi connectivity index (χ3v) is 11.7. The maximum Gasteiger partial charge on any atom is 0.495 e. The number of alkyl carbamates (subject to hydrolysis) is 2. The Labute approximate surface area is 802 Å². The molecule has 0 bridgehead atoms. The van der Waals surface area contributed by atoms with Crippen molar-refractivity contribution in [3.8, 4) is 0 Å². The summed E-state index contributed by atoms with van der Waals surface area (Å²) in [6.45, 7) is 16.4. The molecule has 4 N–H and O–H groups in total. The second kappa shape index (κ2) is 60.4. The molecule has 4 amide bonds. The Hall–Kier alpha value is -12.5. The summed E-state index contributed by atoms with van der Waals surface area (Å²) >= 11 is 0. The quantitative estimate of drug-likeness (QED) is 0.00642. The Morgan fingerprint density at radius 3 is 0.711 bits per heavy atom. The van der Waals surface area contributed by atoms with E-state index in [1.165, 1.54) is 13.8 Å². The molecule has 0 saturated heterocycles. The van der Waals surface area contributed by atoms with Crippen LogP contribution in [0, 0.1) is 5.92 Å². The Morgan fingerprint density at radius 1 is 0.262 bits per heavy atom. The van der Waals surface area contributed by atoms with Crippen molar-refractivity contribution in [3.05, 3.63) is 100 Å². The number of hydrogen-bond donors (Lipinski definition) is 4. The summed E-state index contributed by atoms with van der Waals surface area (Å²) in [5, 5.41) is 3.36. The van der Waals surface area contributed by atoms with Crippen molar-refractivity contribution < 1.29 is 347 Å². The van der Waals surface area contributed by atoms with Crippen molar-refractivity contribution in [2.75, 3.05) is 79.2 Å². The number of carbonyl (C=O) groups excluding carboxylic acids is 12. The molecule has 0 atom stereocenters. The van der Waals surface area contributed by atoms with Gasteiger partial charge in [0.1, 0.15) is 13.2 Å². The molecule has 0 aromatic heterocycles. The molecule has 0 radical (unpaired) electrons. The number of nitrogens with one attached hydrogen (secondary N) is 4. The predicted molar refractivity (Wildman–Crippen MR) is 385 cm³/mol. The largest absolute Gasteiger partial charge is 0.495 e. The third kappa shape index (κ3) is 64.5. The number of esters is 6. The molecule has 0 fully saturated rings. The first-order chi connectivity index (χ1) is 66.6. The zero-order valence-corrected chi connectivity index (χ0v) is 74.8. The zero-order valence-electron chi connectivity index (χ0n) is 74.8. The summed E-state index contributed by atoms with van der Waals surface area (Å²) in [4.78, 5) is 139. The van der Waals surface area contributed by atoms with E-state index in [0.29, 0.717) is 6.08 Å². The summed E-state index contributed by atoms with van der Waals surface area (Å²) in [5.41, 5.74) is 1.17. The molecule has 0 heterocycles. The van der Waals surface area contributed by atoms with Gasteiger partial charge in [0.15, 0.2) is 52.9 Å². The maximum atomic E-state index is 13.5. The Morgan fingerprint density at radius 2 is 0.470 bits per heavy atom. The number of alkyl halides is 40. The van der Waals surface area contributed by atoms with Gasteiger partial charge in [-0.05, 0) is 27.7 Å². The molecule has 866 valence electrons. The molecule has 80 heteroatoms. The van der Waals surface area contributed by atoms with Gasteiger partial charge in [0.05, 0.1) is 19.0 Å². The molecular weight excluding hydrogens is 2220 g/mol. The number of carbonyl (C=O) groups is 12. The molecule has 0 aliphatic heterocycles. The molecule has 0 aromatic rings. The molecule has 0 rings (SSSR count). The minimum Gasteiger partial charge on any atom is -0.460 e. The van der Waals surface area contributed by atoms with Crippen molar-refractivity contribution in [1.82, 2.24) is 21.6 Å². The van der Waals surface area contributed by atoms with Crippen LogP contribution >= 0.6 is 0 Å². The van der Waals surface area contributed by atoms with Crippen LogP contribution < -0.4 is 21.6 Å². The van der Waals surface area contributed by atoms with Gasteiger partial charge in [0.25, 0.3) is 0 Å². The van der Waals surface area contributed by atoms with Crippen molar-refractivity contribution in [1.29, 1.82) is 0 Å². The van der Waals surface area contributed by atoms with Gasteiger partial charge in [0.2, 0.25) is 0 Å². The molecule has 0 saturated carbocycles. The Balaban J connectivity index is -0.000000456. The van der Waals surface area contributed by atoms with Crippen LogP contribution in [0.4, 0.5) is 195 Å². The molecule has 0 aliphatic carbocycles. The van der Waals surface area contributed by atoms with E-state index in [2.05, 4.69) is 180 Å². The smallest absolute Gasteiger partial charge is 0.460 e. The monoisotopic (exact) mass is 2290 g/mol. The lowest BCUT2D eigenvalue weighted by Gasteiger charge is -2.31. The normalized spacial score (nSPS) is 12.8. The molecule has 0 spiro atoms. The fourth-order valence-electron chi connectivity index (χ4n) is 5.82. The van der Waals surface area contributed by atoms with E-state index in [-0.39, 0.29) is 22.8 Å². The van der Waals surface area contributed by atoms with Gasteiger partial charge in [-0.15, -0.1) is 72.4 Å². The average molecular weight is 2300 g/mol. The van der Waals surface area contributed by atoms with Gasteiger partial charge in [-0.2, -0.15) is 140 Å².